The molecule has 2 amide bonds. The van der Waals surface area contributed by atoms with Gasteiger partial charge in [-0.05, 0) is 47.9 Å². The van der Waals surface area contributed by atoms with Crippen molar-refractivity contribution in [3.8, 4) is 5.75 Å². The first kappa shape index (κ1) is 18.9. The predicted octanol–water partition coefficient (Wildman–Crippen LogP) is 3.94. The summed E-state index contributed by atoms with van der Waals surface area (Å²) in [6, 6.07) is 18.5. The minimum absolute atomic E-state index is 0.110. The SMILES string of the molecule is O=C(CCCc1nc2ccccc2s1)NNC(=O)c1cc2ccccc2cc1O. The summed E-state index contributed by atoms with van der Waals surface area (Å²) in [7, 11) is 0. The van der Waals surface area contributed by atoms with Crippen molar-refractivity contribution < 1.29 is 14.7 Å². The lowest BCUT2D eigenvalue weighted by Crippen LogP contribution is -2.41. The number of benzene rings is 3. The molecule has 4 aromatic rings. The summed E-state index contributed by atoms with van der Waals surface area (Å²) >= 11 is 1.63. The van der Waals surface area contributed by atoms with Gasteiger partial charge in [-0.25, -0.2) is 4.98 Å². The number of aryl methyl sites for hydroxylation is 1. The third-order valence-electron chi connectivity index (χ3n) is 4.56. The minimum atomic E-state index is -0.562. The summed E-state index contributed by atoms with van der Waals surface area (Å²) in [5.41, 5.74) is 5.85. The maximum atomic E-state index is 12.3. The molecule has 6 nitrogen and oxygen atoms in total. The fraction of sp³-hybridized carbons (Fsp3) is 0.136. The second-order valence-corrected chi connectivity index (χ2v) is 7.76. The van der Waals surface area contributed by atoms with E-state index in [1.807, 2.05) is 48.5 Å². The lowest BCUT2D eigenvalue weighted by atomic mass is 10.1. The van der Waals surface area contributed by atoms with Gasteiger partial charge in [0, 0.05) is 6.42 Å². The molecule has 0 unspecified atom stereocenters. The van der Waals surface area contributed by atoms with Gasteiger partial charge < -0.3 is 5.11 Å². The number of hydrogen-bond donors (Lipinski definition) is 3. The molecule has 3 aromatic carbocycles. The van der Waals surface area contributed by atoms with E-state index in [4.69, 9.17) is 0 Å². The molecule has 0 saturated carbocycles. The van der Waals surface area contributed by atoms with Crippen molar-refractivity contribution in [2.75, 3.05) is 0 Å². The topological polar surface area (TPSA) is 91.3 Å². The van der Waals surface area contributed by atoms with Crippen LogP contribution in [0.2, 0.25) is 0 Å². The van der Waals surface area contributed by atoms with E-state index >= 15 is 0 Å². The highest BCUT2D eigenvalue weighted by Crippen LogP contribution is 2.25. The zero-order chi connectivity index (χ0) is 20.2. The number of carbonyl (C=O) groups is 2. The van der Waals surface area contributed by atoms with Crippen molar-refractivity contribution in [2.45, 2.75) is 19.3 Å². The molecule has 7 heteroatoms. The molecule has 0 bridgehead atoms. The Morgan fingerprint density at radius 1 is 0.966 bits per heavy atom. The molecule has 0 radical (unpaired) electrons. The summed E-state index contributed by atoms with van der Waals surface area (Å²) in [5, 5.41) is 12.7. The highest BCUT2D eigenvalue weighted by atomic mass is 32.1. The lowest BCUT2D eigenvalue weighted by molar-refractivity contribution is -0.121. The van der Waals surface area contributed by atoms with Crippen LogP contribution in [0.1, 0.15) is 28.2 Å². The number of aromatic nitrogens is 1. The third kappa shape index (κ3) is 4.35. The molecular weight excluding hydrogens is 386 g/mol. The zero-order valence-electron chi connectivity index (χ0n) is 15.5. The monoisotopic (exact) mass is 405 g/mol. The van der Waals surface area contributed by atoms with Gasteiger partial charge in [0.25, 0.3) is 5.91 Å². The number of rotatable bonds is 5. The summed E-state index contributed by atoms with van der Waals surface area (Å²) < 4.78 is 1.13. The second kappa shape index (κ2) is 8.28. The van der Waals surface area contributed by atoms with Crippen molar-refractivity contribution in [3.05, 3.63) is 71.2 Å². The number of hydrogen-bond acceptors (Lipinski definition) is 5. The highest BCUT2D eigenvalue weighted by molar-refractivity contribution is 7.18. The van der Waals surface area contributed by atoms with E-state index in [-0.39, 0.29) is 23.6 Å². The lowest BCUT2D eigenvalue weighted by Gasteiger charge is -2.09. The van der Waals surface area contributed by atoms with Gasteiger partial charge in [-0.15, -0.1) is 11.3 Å². The van der Waals surface area contributed by atoms with Crippen LogP contribution in [0, 0.1) is 0 Å². The number of para-hydroxylation sites is 1. The number of phenolic OH excluding ortho intramolecular Hbond substituents is 1. The molecule has 0 aliphatic carbocycles. The molecule has 0 saturated heterocycles. The summed E-state index contributed by atoms with van der Waals surface area (Å²) in [5.74, 6) is -0.987. The van der Waals surface area contributed by atoms with Gasteiger partial charge in [0.05, 0.1) is 20.8 Å². The van der Waals surface area contributed by atoms with Gasteiger partial charge in [-0.2, -0.15) is 0 Å². The number of phenols is 1. The van der Waals surface area contributed by atoms with Crippen molar-refractivity contribution in [1.29, 1.82) is 0 Å². The van der Waals surface area contributed by atoms with E-state index in [1.54, 1.807) is 17.4 Å². The van der Waals surface area contributed by atoms with Crippen LogP contribution in [-0.4, -0.2) is 21.9 Å². The molecule has 146 valence electrons. The summed E-state index contributed by atoms with van der Waals surface area (Å²) in [6.07, 6.45) is 1.59. The molecule has 1 heterocycles. The quantitative estimate of drug-likeness (QED) is 0.439. The fourth-order valence-corrected chi connectivity index (χ4v) is 4.10. The van der Waals surface area contributed by atoms with Crippen LogP contribution in [0.25, 0.3) is 21.0 Å². The second-order valence-electron chi connectivity index (χ2n) is 6.65. The predicted molar refractivity (Wildman–Crippen MR) is 114 cm³/mol. The van der Waals surface area contributed by atoms with Gasteiger partial charge in [-0.1, -0.05) is 36.4 Å². The number of carbonyl (C=O) groups excluding carboxylic acids is 2. The first-order chi connectivity index (χ1) is 14.1. The average Bonchev–Trinajstić information content (AvgIpc) is 3.14. The van der Waals surface area contributed by atoms with E-state index in [2.05, 4.69) is 15.8 Å². The number of amides is 2. The normalized spacial score (nSPS) is 10.9. The van der Waals surface area contributed by atoms with Crippen LogP contribution >= 0.6 is 11.3 Å². The molecular formula is C22H19N3O3S. The Kier molecular flexibility index (Phi) is 5.39. The Hall–Kier alpha value is -3.45. The highest BCUT2D eigenvalue weighted by Gasteiger charge is 2.13. The smallest absolute Gasteiger partial charge is 0.273 e. The van der Waals surface area contributed by atoms with Crippen LogP contribution in [-0.2, 0) is 11.2 Å². The number of nitrogens with zero attached hydrogens (tertiary/aromatic N) is 1. The third-order valence-corrected chi connectivity index (χ3v) is 5.65. The molecule has 1 aromatic heterocycles. The zero-order valence-corrected chi connectivity index (χ0v) is 16.3. The molecule has 0 fully saturated rings. The molecule has 4 rings (SSSR count). The van der Waals surface area contributed by atoms with E-state index in [1.165, 1.54) is 6.07 Å². The van der Waals surface area contributed by atoms with Crippen LogP contribution in [0.15, 0.2) is 60.7 Å². The van der Waals surface area contributed by atoms with Crippen molar-refractivity contribution in [1.82, 2.24) is 15.8 Å². The number of fused-ring (bicyclic) bond motifs is 2. The molecule has 0 spiro atoms. The first-order valence-corrected chi connectivity index (χ1v) is 10.1. The van der Waals surface area contributed by atoms with Gasteiger partial charge in [0.2, 0.25) is 5.91 Å². The number of aromatic hydroxyl groups is 1. The Morgan fingerprint density at radius 3 is 2.48 bits per heavy atom. The average molecular weight is 405 g/mol. The molecule has 0 aliphatic rings. The Bertz CT molecular complexity index is 1170. The minimum Gasteiger partial charge on any atom is -0.507 e. The van der Waals surface area contributed by atoms with Gasteiger partial charge in [-0.3, -0.25) is 20.4 Å². The maximum absolute atomic E-state index is 12.3. The molecule has 0 atom stereocenters. The van der Waals surface area contributed by atoms with Crippen molar-refractivity contribution in [2.24, 2.45) is 0 Å². The van der Waals surface area contributed by atoms with E-state index in [0.717, 1.165) is 26.0 Å². The van der Waals surface area contributed by atoms with Gasteiger partial charge in [0.1, 0.15) is 5.75 Å². The van der Waals surface area contributed by atoms with Gasteiger partial charge >= 0.3 is 0 Å². The van der Waals surface area contributed by atoms with Crippen LogP contribution in [0.4, 0.5) is 0 Å². The Labute approximate surface area is 171 Å². The first-order valence-electron chi connectivity index (χ1n) is 9.25. The van der Waals surface area contributed by atoms with E-state index < -0.39 is 5.91 Å². The molecule has 3 N–H and O–H groups in total. The van der Waals surface area contributed by atoms with Crippen LogP contribution in [0.5, 0.6) is 5.75 Å². The van der Waals surface area contributed by atoms with Gasteiger partial charge in [0.15, 0.2) is 0 Å². The van der Waals surface area contributed by atoms with Crippen LogP contribution < -0.4 is 10.9 Å². The maximum Gasteiger partial charge on any atom is 0.273 e. The van der Waals surface area contributed by atoms with Crippen molar-refractivity contribution in [3.63, 3.8) is 0 Å². The molecule has 0 aliphatic heterocycles. The number of nitrogens with one attached hydrogen (secondary N) is 2. The summed E-state index contributed by atoms with van der Waals surface area (Å²) in [6.45, 7) is 0. The number of thiazole rings is 1. The van der Waals surface area contributed by atoms with Crippen molar-refractivity contribution >= 4 is 44.1 Å². The van der Waals surface area contributed by atoms with E-state index in [0.29, 0.717) is 12.8 Å². The largest absolute Gasteiger partial charge is 0.507 e. The summed E-state index contributed by atoms with van der Waals surface area (Å²) in [4.78, 5) is 28.9. The van der Waals surface area contributed by atoms with E-state index in [9.17, 15) is 14.7 Å². The molecule has 29 heavy (non-hydrogen) atoms. The Morgan fingerprint density at radius 2 is 1.69 bits per heavy atom. The Balaban J connectivity index is 1.29. The van der Waals surface area contributed by atoms with Crippen LogP contribution in [0.3, 0.4) is 0 Å². The number of hydrazine groups is 1. The standard InChI is InChI=1S/C22H19N3O3S/c26-18-13-15-7-2-1-6-14(15)12-16(18)22(28)25-24-20(27)10-5-11-21-23-17-8-3-4-9-19(17)29-21/h1-4,6-9,12-13,26H,5,10-11H2,(H,24,27)(H,25,28). The fourth-order valence-electron chi connectivity index (χ4n) is 3.09.